The van der Waals surface area contributed by atoms with Crippen molar-refractivity contribution < 1.29 is 10.2 Å². The summed E-state index contributed by atoms with van der Waals surface area (Å²) in [5, 5.41) is 21.0. The van der Waals surface area contributed by atoms with E-state index in [1.54, 1.807) is 6.08 Å². The number of allylic oxidation sites excluding steroid dienone is 1. The minimum Gasteiger partial charge on any atom is -0.393 e. The summed E-state index contributed by atoms with van der Waals surface area (Å²) in [6, 6.07) is 0. The second-order valence-electron chi connectivity index (χ2n) is 8.89. The van der Waals surface area contributed by atoms with Gasteiger partial charge in [-0.25, -0.2) is 0 Å². The molecule has 0 aromatic rings. The fourth-order valence-corrected chi connectivity index (χ4v) is 5.17. The predicted octanol–water partition coefficient (Wildman–Crippen LogP) is 4.47. The van der Waals surface area contributed by atoms with Crippen LogP contribution in [0.3, 0.4) is 0 Å². The lowest BCUT2D eigenvalue weighted by atomic mass is 9.46. The molecule has 5 atom stereocenters. The molecule has 0 bridgehead atoms. The number of aliphatic hydroxyl groups excluding tert-OH is 1. The maximum absolute atomic E-state index is 10.7. The molecule has 2 saturated carbocycles. The van der Waals surface area contributed by atoms with Crippen molar-refractivity contribution in [3.63, 3.8) is 0 Å². The smallest absolute Gasteiger partial charge is 0.0797 e. The Morgan fingerprint density at radius 3 is 2.59 bits per heavy atom. The molecular weight excluding hydrogens is 272 g/mol. The normalized spacial score (nSPS) is 40.6. The first kappa shape index (κ1) is 17.7. The van der Waals surface area contributed by atoms with Gasteiger partial charge in [-0.15, -0.1) is 6.58 Å². The van der Waals surface area contributed by atoms with Gasteiger partial charge in [0.15, 0.2) is 0 Å². The molecule has 0 heterocycles. The lowest BCUT2D eigenvalue weighted by Gasteiger charge is -2.60. The molecule has 2 nitrogen and oxygen atoms in total. The van der Waals surface area contributed by atoms with E-state index in [1.807, 2.05) is 6.92 Å². The van der Waals surface area contributed by atoms with Crippen molar-refractivity contribution in [1.29, 1.82) is 0 Å². The van der Waals surface area contributed by atoms with Crippen molar-refractivity contribution >= 4 is 0 Å². The molecule has 2 fully saturated rings. The summed E-state index contributed by atoms with van der Waals surface area (Å²) < 4.78 is 0. The second kappa shape index (κ2) is 5.79. The third-order valence-corrected chi connectivity index (χ3v) is 6.85. The standard InChI is InChI=1S/C20H34O2/c1-7-19(5,22)11-10-15-12-17(21)18(3,4)16-9-8-14(2)13-20(15,16)6/h7,15-17,21-22H,1-2,8-13H2,3-6H3/t15-,16?,17-,19?,20-/m0/s1. The topological polar surface area (TPSA) is 40.5 Å². The Balaban J connectivity index is 2.25. The lowest BCUT2D eigenvalue weighted by Crippen LogP contribution is -2.55. The van der Waals surface area contributed by atoms with Crippen LogP contribution in [-0.2, 0) is 0 Å². The van der Waals surface area contributed by atoms with Crippen molar-refractivity contribution in [1.82, 2.24) is 0 Å². The molecule has 2 aliphatic carbocycles. The van der Waals surface area contributed by atoms with Crippen LogP contribution in [0.25, 0.3) is 0 Å². The van der Waals surface area contributed by atoms with Gasteiger partial charge in [-0.3, -0.25) is 0 Å². The van der Waals surface area contributed by atoms with Gasteiger partial charge in [-0.1, -0.05) is 39.0 Å². The van der Waals surface area contributed by atoms with Crippen LogP contribution in [0.15, 0.2) is 24.8 Å². The van der Waals surface area contributed by atoms with E-state index in [0.29, 0.717) is 18.3 Å². The third kappa shape index (κ3) is 3.05. The molecule has 2 heteroatoms. The Bertz CT molecular complexity index is 449. The summed E-state index contributed by atoms with van der Waals surface area (Å²) in [7, 11) is 0. The first-order chi connectivity index (χ1) is 10.0. The quantitative estimate of drug-likeness (QED) is 0.752. The largest absolute Gasteiger partial charge is 0.393 e. The van der Waals surface area contributed by atoms with Crippen molar-refractivity contribution in [2.24, 2.45) is 22.7 Å². The fraction of sp³-hybridized carbons (Fsp3) is 0.800. The number of hydrogen-bond acceptors (Lipinski definition) is 2. The van der Waals surface area contributed by atoms with Crippen LogP contribution in [0.4, 0.5) is 0 Å². The van der Waals surface area contributed by atoms with E-state index in [1.165, 1.54) is 5.57 Å². The van der Waals surface area contributed by atoms with Gasteiger partial charge in [0.2, 0.25) is 0 Å². The number of aliphatic hydroxyl groups is 2. The Labute approximate surface area is 136 Å². The van der Waals surface area contributed by atoms with Crippen molar-refractivity contribution in [3.05, 3.63) is 24.8 Å². The summed E-state index contributed by atoms with van der Waals surface area (Å²) in [6.07, 6.45) is 7.15. The van der Waals surface area contributed by atoms with Gasteiger partial charge in [0, 0.05) is 0 Å². The Morgan fingerprint density at radius 1 is 1.36 bits per heavy atom. The summed E-state index contributed by atoms with van der Waals surface area (Å²) in [4.78, 5) is 0. The summed E-state index contributed by atoms with van der Waals surface area (Å²) in [6.45, 7) is 16.6. The zero-order chi connectivity index (χ0) is 16.8. The summed E-state index contributed by atoms with van der Waals surface area (Å²) in [5.41, 5.74) is 0.698. The second-order valence-corrected chi connectivity index (χ2v) is 8.89. The molecule has 126 valence electrons. The fourth-order valence-electron chi connectivity index (χ4n) is 5.17. The van der Waals surface area contributed by atoms with E-state index in [2.05, 4.69) is 33.9 Å². The van der Waals surface area contributed by atoms with Crippen molar-refractivity contribution in [3.8, 4) is 0 Å². The van der Waals surface area contributed by atoms with Crippen LogP contribution in [-0.4, -0.2) is 21.9 Å². The van der Waals surface area contributed by atoms with Crippen molar-refractivity contribution in [2.75, 3.05) is 0 Å². The van der Waals surface area contributed by atoms with Gasteiger partial charge in [0.25, 0.3) is 0 Å². The molecule has 0 radical (unpaired) electrons. The highest BCUT2D eigenvalue weighted by molar-refractivity contribution is 5.14. The molecule has 2 rings (SSSR count). The van der Waals surface area contributed by atoms with E-state index in [4.69, 9.17) is 0 Å². The van der Waals surface area contributed by atoms with Gasteiger partial charge >= 0.3 is 0 Å². The van der Waals surface area contributed by atoms with E-state index in [9.17, 15) is 10.2 Å². The zero-order valence-electron chi connectivity index (χ0n) is 14.9. The molecule has 0 aromatic heterocycles. The number of rotatable bonds is 4. The zero-order valence-corrected chi connectivity index (χ0v) is 14.9. The molecule has 22 heavy (non-hydrogen) atoms. The SMILES string of the molecule is C=CC(C)(O)CC[C@H]1C[C@H](O)C(C)(C)C2CCC(=C)C[C@]21C. The van der Waals surface area contributed by atoms with Crippen LogP contribution >= 0.6 is 0 Å². The molecule has 0 aliphatic heterocycles. The molecule has 2 aliphatic rings. The van der Waals surface area contributed by atoms with Gasteiger partial charge in [-0.05, 0) is 68.1 Å². The van der Waals surface area contributed by atoms with Crippen LogP contribution in [0.2, 0.25) is 0 Å². The Morgan fingerprint density at radius 2 is 2.00 bits per heavy atom. The maximum Gasteiger partial charge on any atom is 0.0797 e. The van der Waals surface area contributed by atoms with Crippen molar-refractivity contribution in [2.45, 2.75) is 77.9 Å². The average molecular weight is 306 g/mol. The van der Waals surface area contributed by atoms with Crippen LogP contribution in [0, 0.1) is 22.7 Å². The molecule has 0 amide bonds. The molecule has 2 N–H and O–H groups in total. The number of fused-ring (bicyclic) bond motifs is 1. The lowest BCUT2D eigenvalue weighted by molar-refractivity contribution is -0.142. The highest BCUT2D eigenvalue weighted by Gasteiger charge is 2.56. The van der Waals surface area contributed by atoms with Crippen LogP contribution in [0.5, 0.6) is 0 Å². The van der Waals surface area contributed by atoms with Gasteiger partial charge in [0.05, 0.1) is 11.7 Å². The first-order valence-corrected chi connectivity index (χ1v) is 8.73. The molecule has 0 aromatic carbocycles. The predicted molar refractivity (Wildman–Crippen MR) is 92.5 cm³/mol. The van der Waals surface area contributed by atoms with Gasteiger partial charge in [-0.2, -0.15) is 0 Å². The van der Waals surface area contributed by atoms with Crippen LogP contribution in [0.1, 0.15) is 66.2 Å². The first-order valence-electron chi connectivity index (χ1n) is 8.73. The van der Waals surface area contributed by atoms with E-state index < -0.39 is 5.60 Å². The Kier molecular flexibility index (Phi) is 4.68. The van der Waals surface area contributed by atoms with Gasteiger partial charge < -0.3 is 10.2 Å². The minimum atomic E-state index is -0.810. The summed E-state index contributed by atoms with van der Waals surface area (Å²) in [5.74, 6) is 0.955. The minimum absolute atomic E-state index is 0.0348. The third-order valence-electron chi connectivity index (χ3n) is 6.85. The monoisotopic (exact) mass is 306 g/mol. The molecule has 2 unspecified atom stereocenters. The highest BCUT2D eigenvalue weighted by atomic mass is 16.3. The highest BCUT2D eigenvalue weighted by Crippen LogP contribution is 2.61. The summed E-state index contributed by atoms with van der Waals surface area (Å²) >= 11 is 0. The van der Waals surface area contributed by atoms with E-state index in [-0.39, 0.29) is 16.9 Å². The van der Waals surface area contributed by atoms with Crippen LogP contribution < -0.4 is 0 Å². The average Bonchev–Trinajstić information content (AvgIpc) is 2.41. The maximum atomic E-state index is 10.7. The van der Waals surface area contributed by atoms with E-state index in [0.717, 1.165) is 32.1 Å². The number of hydrogen-bond donors (Lipinski definition) is 2. The Hall–Kier alpha value is -0.600. The molecule has 0 spiro atoms. The van der Waals surface area contributed by atoms with Gasteiger partial charge in [0.1, 0.15) is 0 Å². The van der Waals surface area contributed by atoms with E-state index >= 15 is 0 Å². The molecular formula is C20H34O2. The molecule has 0 saturated heterocycles.